The molecular weight excluding hydrogens is 313 g/mol. The Hall–Kier alpha value is -2.52. The van der Waals surface area contributed by atoms with Crippen LogP contribution in [0.2, 0.25) is 5.02 Å². The first-order valence-corrected chi connectivity index (χ1v) is 7.53. The van der Waals surface area contributed by atoms with E-state index in [1.807, 2.05) is 42.5 Å². The van der Waals surface area contributed by atoms with E-state index in [-0.39, 0.29) is 5.69 Å². The summed E-state index contributed by atoms with van der Waals surface area (Å²) < 4.78 is 19.9. The number of nitrogen functional groups attached to an aromatic ring is 1. The van der Waals surface area contributed by atoms with Gasteiger partial charge in [-0.3, -0.25) is 0 Å². The molecule has 116 valence electrons. The molecule has 0 amide bonds. The lowest BCUT2D eigenvalue weighted by molar-refractivity contribution is 0.306. The maximum atomic E-state index is 14.1. The van der Waals surface area contributed by atoms with Crippen LogP contribution in [0.5, 0.6) is 5.75 Å². The minimum atomic E-state index is -0.410. The van der Waals surface area contributed by atoms with Gasteiger partial charge in [-0.05, 0) is 35.4 Å². The fourth-order valence-corrected chi connectivity index (χ4v) is 2.44. The van der Waals surface area contributed by atoms with E-state index < -0.39 is 5.82 Å². The molecule has 0 heterocycles. The van der Waals surface area contributed by atoms with Crippen LogP contribution in [-0.2, 0) is 6.61 Å². The van der Waals surface area contributed by atoms with Gasteiger partial charge in [-0.1, -0.05) is 54.1 Å². The van der Waals surface area contributed by atoms with Crippen molar-refractivity contribution in [1.82, 2.24) is 0 Å². The zero-order chi connectivity index (χ0) is 16.2. The predicted molar refractivity (Wildman–Crippen MR) is 92.0 cm³/mol. The van der Waals surface area contributed by atoms with Gasteiger partial charge in [0, 0.05) is 5.56 Å². The van der Waals surface area contributed by atoms with Gasteiger partial charge < -0.3 is 10.5 Å². The molecule has 0 saturated heterocycles. The second-order valence-electron chi connectivity index (χ2n) is 5.16. The molecule has 2 nitrogen and oxygen atoms in total. The van der Waals surface area contributed by atoms with Crippen molar-refractivity contribution in [2.75, 3.05) is 5.73 Å². The number of benzene rings is 3. The zero-order valence-electron chi connectivity index (χ0n) is 12.3. The minimum Gasteiger partial charge on any atom is -0.489 e. The third-order valence-electron chi connectivity index (χ3n) is 3.48. The van der Waals surface area contributed by atoms with Gasteiger partial charge in [0.1, 0.15) is 18.2 Å². The standard InChI is InChI=1S/C19H15ClFNO/c20-17-10-16(18(21)11-19(17)22)14-7-4-8-15(9-14)23-12-13-5-2-1-3-6-13/h1-11H,12,22H2. The van der Waals surface area contributed by atoms with Gasteiger partial charge in [0.25, 0.3) is 0 Å². The molecule has 2 N–H and O–H groups in total. The lowest BCUT2D eigenvalue weighted by Gasteiger charge is -2.10. The molecule has 23 heavy (non-hydrogen) atoms. The van der Waals surface area contributed by atoms with Crippen molar-refractivity contribution in [3.8, 4) is 16.9 Å². The van der Waals surface area contributed by atoms with E-state index in [9.17, 15) is 4.39 Å². The fraction of sp³-hybridized carbons (Fsp3) is 0.0526. The maximum Gasteiger partial charge on any atom is 0.133 e. The molecule has 0 atom stereocenters. The van der Waals surface area contributed by atoms with Gasteiger partial charge >= 0.3 is 0 Å². The Kier molecular flexibility index (Phi) is 4.49. The summed E-state index contributed by atoms with van der Waals surface area (Å²) in [7, 11) is 0. The number of anilines is 1. The molecule has 3 rings (SSSR count). The van der Waals surface area contributed by atoms with Gasteiger partial charge in [0.15, 0.2) is 0 Å². The molecule has 0 spiro atoms. The molecule has 3 aromatic carbocycles. The topological polar surface area (TPSA) is 35.2 Å². The van der Waals surface area contributed by atoms with Crippen LogP contribution in [0.15, 0.2) is 66.7 Å². The van der Waals surface area contributed by atoms with Crippen molar-refractivity contribution >= 4 is 17.3 Å². The van der Waals surface area contributed by atoms with E-state index in [0.717, 1.165) is 5.56 Å². The Morgan fingerprint density at radius 2 is 1.74 bits per heavy atom. The van der Waals surface area contributed by atoms with Crippen LogP contribution >= 0.6 is 11.6 Å². The van der Waals surface area contributed by atoms with Crippen molar-refractivity contribution in [2.24, 2.45) is 0 Å². The number of hydrogen-bond donors (Lipinski definition) is 1. The second-order valence-corrected chi connectivity index (χ2v) is 5.56. The summed E-state index contributed by atoms with van der Waals surface area (Å²) in [6.45, 7) is 0.454. The van der Waals surface area contributed by atoms with E-state index in [0.29, 0.717) is 28.5 Å². The average Bonchev–Trinajstić information content (AvgIpc) is 2.57. The SMILES string of the molecule is Nc1cc(F)c(-c2cccc(OCc3ccccc3)c2)cc1Cl. The molecule has 0 aliphatic rings. The molecule has 3 aromatic rings. The lowest BCUT2D eigenvalue weighted by Crippen LogP contribution is -1.96. The highest BCUT2D eigenvalue weighted by Gasteiger charge is 2.10. The molecule has 0 radical (unpaired) electrons. The summed E-state index contributed by atoms with van der Waals surface area (Å²) in [6.07, 6.45) is 0. The number of rotatable bonds is 4. The highest BCUT2D eigenvalue weighted by atomic mass is 35.5. The smallest absolute Gasteiger partial charge is 0.133 e. The Morgan fingerprint density at radius 1 is 0.957 bits per heavy atom. The van der Waals surface area contributed by atoms with Gasteiger partial charge in [-0.25, -0.2) is 4.39 Å². The van der Waals surface area contributed by atoms with Crippen molar-refractivity contribution in [3.63, 3.8) is 0 Å². The highest BCUT2D eigenvalue weighted by molar-refractivity contribution is 6.33. The molecule has 0 saturated carbocycles. The number of nitrogens with two attached hydrogens (primary N) is 1. The molecule has 0 aromatic heterocycles. The van der Waals surface area contributed by atoms with Crippen LogP contribution in [-0.4, -0.2) is 0 Å². The van der Waals surface area contributed by atoms with Gasteiger partial charge in [-0.15, -0.1) is 0 Å². The van der Waals surface area contributed by atoms with E-state index >= 15 is 0 Å². The van der Waals surface area contributed by atoms with Crippen LogP contribution in [0, 0.1) is 5.82 Å². The van der Waals surface area contributed by atoms with Crippen LogP contribution < -0.4 is 10.5 Å². The molecule has 4 heteroatoms. The molecule has 0 unspecified atom stereocenters. The number of halogens is 2. The van der Waals surface area contributed by atoms with Gasteiger partial charge in [0.05, 0.1) is 10.7 Å². The number of ether oxygens (including phenoxy) is 1. The van der Waals surface area contributed by atoms with E-state index in [1.165, 1.54) is 12.1 Å². The zero-order valence-corrected chi connectivity index (χ0v) is 13.1. The second kappa shape index (κ2) is 6.71. The van der Waals surface area contributed by atoms with Crippen LogP contribution in [0.3, 0.4) is 0 Å². The number of hydrogen-bond acceptors (Lipinski definition) is 2. The van der Waals surface area contributed by atoms with Crippen molar-refractivity contribution in [2.45, 2.75) is 6.61 Å². The highest BCUT2D eigenvalue weighted by Crippen LogP contribution is 2.31. The van der Waals surface area contributed by atoms with Gasteiger partial charge in [-0.2, -0.15) is 0 Å². The Labute approximate surface area is 139 Å². The normalized spacial score (nSPS) is 10.5. The molecule has 0 bridgehead atoms. The summed E-state index contributed by atoms with van der Waals surface area (Å²) in [5, 5.41) is 0.331. The van der Waals surface area contributed by atoms with Crippen LogP contribution in [0.25, 0.3) is 11.1 Å². The largest absolute Gasteiger partial charge is 0.489 e. The van der Waals surface area contributed by atoms with Crippen molar-refractivity contribution < 1.29 is 9.13 Å². The molecule has 0 fully saturated rings. The van der Waals surface area contributed by atoms with Crippen LogP contribution in [0.4, 0.5) is 10.1 Å². The molecule has 0 aliphatic carbocycles. The quantitative estimate of drug-likeness (QED) is 0.659. The third kappa shape index (κ3) is 3.63. The Morgan fingerprint density at radius 3 is 2.52 bits per heavy atom. The summed E-state index contributed by atoms with van der Waals surface area (Å²) in [5.74, 6) is 0.255. The minimum absolute atomic E-state index is 0.226. The van der Waals surface area contributed by atoms with Gasteiger partial charge in [0.2, 0.25) is 0 Å². The average molecular weight is 328 g/mol. The van der Waals surface area contributed by atoms with Crippen LogP contribution in [0.1, 0.15) is 5.56 Å². The summed E-state index contributed by atoms with van der Waals surface area (Å²) in [4.78, 5) is 0. The Bertz CT molecular complexity index is 821. The summed E-state index contributed by atoms with van der Waals surface area (Å²) in [6, 6.07) is 19.9. The van der Waals surface area contributed by atoms with E-state index in [1.54, 1.807) is 12.1 Å². The summed E-state index contributed by atoms with van der Waals surface area (Å²) >= 11 is 5.99. The molecule has 0 aliphatic heterocycles. The first kappa shape index (κ1) is 15.4. The third-order valence-corrected chi connectivity index (χ3v) is 3.81. The van der Waals surface area contributed by atoms with Crippen molar-refractivity contribution in [3.05, 3.63) is 83.1 Å². The molecular formula is C19H15ClFNO. The Balaban J connectivity index is 1.84. The summed E-state index contributed by atoms with van der Waals surface area (Å²) in [5.41, 5.74) is 8.00. The van der Waals surface area contributed by atoms with E-state index in [2.05, 4.69) is 0 Å². The predicted octanol–water partition coefficient (Wildman–Crippen LogP) is 5.31. The first-order chi connectivity index (χ1) is 11.1. The fourth-order valence-electron chi connectivity index (χ4n) is 2.28. The first-order valence-electron chi connectivity index (χ1n) is 7.15. The maximum absolute atomic E-state index is 14.1. The van der Waals surface area contributed by atoms with Crippen molar-refractivity contribution in [1.29, 1.82) is 0 Å². The lowest BCUT2D eigenvalue weighted by atomic mass is 10.0. The monoisotopic (exact) mass is 327 g/mol. The van der Waals surface area contributed by atoms with E-state index in [4.69, 9.17) is 22.1 Å².